The first-order chi connectivity index (χ1) is 17.0. The summed E-state index contributed by atoms with van der Waals surface area (Å²) < 4.78 is 6.34. The first-order valence-corrected chi connectivity index (χ1v) is 11.4. The second-order valence-electron chi connectivity index (χ2n) is 7.71. The van der Waals surface area contributed by atoms with Gasteiger partial charge in [0.15, 0.2) is 0 Å². The summed E-state index contributed by atoms with van der Waals surface area (Å²) >= 11 is 0. The highest BCUT2D eigenvalue weighted by Gasteiger charge is 2.25. The number of anilines is 1. The van der Waals surface area contributed by atoms with Gasteiger partial charge in [0.2, 0.25) is 0 Å². The van der Waals surface area contributed by atoms with E-state index in [0.29, 0.717) is 34.6 Å². The lowest BCUT2D eigenvalue weighted by Gasteiger charge is -2.17. The molecule has 1 heterocycles. The summed E-state index contributed by atoms with van der Waals surface area (Å²) in [6, 6.07) is 25.1. The van der Waals surface area contributed by atoms with E-state index in [1.165, 1.54) is 10.7 Å². The van der Waals surface area contributed by atoms with Crippen LogP contribution >= 0.6 is 0 Å². The minimum atomic E-state index is -0.586. The van der Waals surface area contributed by atoms with Crippen molar-refractivity contribution in [2.45, 2.75) is 20.4 Å². The zero-order chi connectivity index (χ0) is 24.8. The van der Waals surface area contributed by atoms with Gasteiger partial charge in [-0.15, -0.1) is 0 Å². The fraction of sp³-hybridized carbons (Fsp3) is 0.143. The molecule has 7 heteroatoms. The summed E-state index contributed by atoms with van der Waals surface area (Å²) in [5.74, 6) is -1.08. The molecular formula is C28H25N3O4. The van der Waals surface area contributed by atoms with Crippen molar-refractivity contribution in [1.82, 2.24) is 9.78 Å². The molecule has 7 nitrogen and oxygen atoms in total. The molecule has 0 aliphatic carbocycles. The van der Waals surface area contributed by atoms with E-state index in [1.807, 2.05) is 60.7 Å². The predicted molar refractivity (Wildman–Crippen MR) is 135 cm³/mol. The topological polar surface area (TPSA) is 90.3 Å². The van der Waals surface area contributed by atoms with Crippen LogP contribution in [-0.2, 0) is 11.3 Å². The van der Waals surface area contributed by atoms with E-state index in [-0.39, 0.29) is 12.2 Å². The summed E-state index contributed by atoms with van der Waals surface area (Å²) in [4.78, 5) is 39.2. The van der Waals surface area contributed by atoms with Crippen molar-refractivity contribution >= 4 is 17.6 Å². The summed E-state index contributed by atoms with van der Waals surface area (Å²) in [5.41, 5.74) is 2.63. The Hall–Kier alpha value is -4.52. The highest BCUT2D eigenvalue weighted by molar-refractivity contribution is 6.10. The SMILES string of the molecule is CCOC(=O)c1cccc(NC(=O)c2c(-c3ccccc3)c(-c3ccccc3)nn(CC)c2=O)c1. The number of rotatable bonds is 7. The van der Waals surface area contributed by atoms with Gasteiger partial charge >= 0.3 is 5.97 Å². The Morgan fingerprint density at radius 1 is 0.886 bits per heavy atom. The van der Waals surface area contributed by atoms with Crippen LogP contribution in [0.25, 0.3) is 22.4 Å². The van der Waals surface area contributed by atoms with Crippen molar-refractivity contribution in [2.24, 2.45) is 0 Å². The molecule has 1 aromatic heterocycles. The third-order valence-electron chi connectivity index (χ3n) is 5.42. The zero-order valence-corrected chi connectivity index (χ0v) is 19.5. The van der Waals surface area contributed by atoms with Crippen LogP contribution in [0.2, 0.25) is 0 Å². The summed E-state index contributed by atoms with van der Waals surface area (Å²) in [7, 11) is 0. The highest BCUT2D eigenvalue weighted by atomic mass is 16.5. The summed E-state index contributed by atoms with van der Waals surface area (Å²) in [6.45, 7) is 4.06. The number of aryl methyl sites for hydroxylation is 1. The van der Waals surface area contributed by atoms with E-state index in [1.54, 1.807) is 32.0 Å². The third-order valence-corrected chi connectivity index (χ3v) is 5.42. The van der Waals surface area contributed by atoms with E-state index < -0.39 is 17.4 Å². The Balaban J connectivity index is 1.88. The van der Waals surface area contributed by atoms with E-state index in [2.05, 4.69) is 10.4 Å². The molecule has 0 aliphatic heterocycles. The van der Waals surface area contributed by atoms with Crippen molar-refractivity contribution in [3.05, 3.63) is 106 Å². The molecule has 0 unspecified atom stereocenters. The van der Waals surface area contributed by atoms with Gasteiger partial charge in [-0.3, -0.25) is 9.59 Å². The molecule has 0 radical (unpaired) electrons. The monoisotopic (exact) mass is 467 g/mol. The van der Waals surface area contributed by atoms with Crippen LogP contribution in [0, 0.1) is 0 Å². The lowest BCUT2D eigenvalue weighted by molar-refractivity contribution is 0.0526. The van der Waals surface area contributed by atoms with Gasteiger partial charge in [0.25, 0.3) is 11.5 Å². The van der Waals surface area contributed by atoms with Gasteiger partial charge in [-0.05, 0) is 37.6 Å². The number of hydrogen-bond donors (Lipinski definition) is 1. The molecule has 1 N–H and O–H groups in total. The van der Waals surface area contributed by atoms with Gasteiger partial charge in [-0.2, -0.15) is 5.10 Å². The van der Waals surface area contributed by atoms with Gasteiger partial charge in [-0.25, -0.2) is 9.48 Å². The Kier molecular flexibility index (Phi) is 7.16. The van der Waals surface area contributed by atoms with Crippen LogP contribution in [-0.4, -0.2) is 28.3 Å². The van der Waals surface area contributed by atoms with Gasteiger partial charge in [0, 0.05) is 23.4 Å². The first-order valence-electron chi connectivity index (χ1n) is 11.4. The van der Waals surface area contributed by atoms with Gasteiger partial charge in [0.1, 0.15) is 5.56 Å². The lowest BCUT2D eigenvalue weighted by atomic mass is 9.95. The maximum absolute atomic E-state index is 13.6. The highest BCUT2D eigenvalue weighted by Crippen LogP contribution is 2.32. The number of nitrogens with zero attached hydrogens (tertiary/aromatic N) is 2. The number of aromatic nitrogens is 2. The van der Waals surface area contributed by atoms with E-state index in [9.17, 15) is 14.4 Å². The normalized spacial score (nSPS) is 10.6. The fourth-order valence-electron chi connectivity index (χ4n) is 3.81. The Bertz CT molecular complexity index is 1410. The number of ether oxygens (including phenoxy) is 1. The van der Waals surface area contributed by atoms with Gasteiger partial charge in [0.05, 0.1) is 17.9 Å². The number of hydrogen-bond acceptors (Lipinski definition) is 5. The average Bonchev–Trinajstić information content (AvgIpc) is 2.89. The number of carbonyl (C=O) groups is 2. The molecule has 3 aromatic carbocycles. The quantitative estimate of drug-likeness (QED) is 0.385. The Morgan fingerprint density at radius 2 is 1.54 bits per heavy atom. The largest absolute Gasteiger partial charge is 0.462 e. The van der Waals surface area contributed by atoms with Crippen LogP contribution in [0.3, 0.4) is 0 Å². The molecule has 0 fully saturated rings. The van der Waals surface area contributed by atoms with Crippen molar-refractivity contribution in [3.63, 3.8) is 0 Å². The third kappa shape index (κ3) is 5.04. The van der Waals surface area contributed by atoms with Gasteiger partial charge < -0.3 is 10.1 Å². The molecule has 0 bridgehead atoms. The molecule has 1 amide bonds. The molecule has 0 saturated heterocycles. The molecule has 176 valence electrons. The molecule has 4 aromatic rings. The van der Waals surface area contributed by atoms with Crippen LogP contribution in [0.5, 0.6) is 0 Å². The minimum Gasteiger partial charge on any atom is -0.462 e. The number of carbonyl (C=O) groups excluding carboxylic acids is 2. The molecule has 0 atom stereocenters. The van der Waals surface area contributed by atoms with Gasteiger partial charge in [-0.1, -0.05) is 66.7 Å². The Morgan fingerprint density at radius 3 is 2.17 bits per heavy atom. The number of esters is 1. The summed E-state index contributed by atoms with van der Waals surface area (Å²) in [6.07, 6.45) is 0. The predicted octanol–water partition coefficient (Wildman–Crippen LogP) is 5.03. The van der Waals surface area contributed by atoms with Crippen molar-refractivity contribution < 1.29 is 14.3 Å². The molecule has 4 rings (SSSR count). The molecule has 35 heavy (non-hydrogen) atoms. The van der Waals surface area contributed by atoms with E-state index >= 15 is 0 Å². The molecule has 0 spiro atoms. The average molecular weight is 468 g/mol. The van der Waals surface area contributed by atoms with Crippen LogP contribution in [0.1, 0.15) is 34.6 Å². The smallest absolute Gasteiger partial charge is 0.338 e. The standard InChI is InChI=1S/C28H25N3O4/c1-3-31-27(33)24(26(32)29-22-17-11-16-21(18-22)28(34)35-4-2)23(19-12-7-5-8-13-19)25(30-31)20-14-9-6-10-15-20/h5-18H,3-4H2,1-2H3,(H,29,32). The number of benzene rings is 3. The zero-order valence-electron chi connectivity index (χ0n) is 19.5. The lowest BCUT2D eigenvalue weighted by Crippen LogP contribution is -2.32. The maximum Gasteiger partial charge on any atom is 0.338 e. The molecule has 0 aliphatic rings. The van der Waals surface area contributed by atoms with Crippen LogP contribution in [0.15, 0.2) is 89.7 Å². The second-order valence-corrected chi connectivity index (χ2v) is 7.71. The number of nitrogens with one attached hydrogen (secondary N) is 1. The molecular weight excluding hydrogens is 442 g/mol. The first kappa shape index (κ1) is 23.6. The van der Waals surface area contributed by atoms with Crippen molar-refractivity contribution in [1.29, 1.82) is 0 Å². The fourth-order valence-corrected chi connectivity index (χ4v) is 3.81. The van der Waals surface area contributed by atoms with E-state index in [0.717, 1.165) is 5.56 Å². The van der Waals surface area contributed by atoms with Crippen LogP contribution < -0.4 is 10.9 Å². The molecule has 0 saturated carbocycles. The number of amides is 1. The second kappa shape index (κ2) is 10.6. The Labute approximate surface area is 203 Å². The van der Waals surface area contributed by atoms with Crippen molar-refractivity contribution in [3.8, 4) is 22.4 Å². The maximum atomic E-state index is 13.6. The minimum absolute atomic E-state index is 0.0200. The van der Waals surface area contributed by atoms with Crippen LogP contribution in [0.4, 0.5) is 5.69 Å². The van der Waals surface area contributed by atoms with E-state index in [4.69, 9.17) is 4.74 Å². The van der Waals surface area contributed by atoms with Crippen molar-refractivity contribution in [2.75, 3.05) is 11.9 Å². The summed E-state index contributed by atoms with van der Waals surface area (Å²) in [5, 5.41) is 7.40.